The van der Waals surface area contributed by atoms with Gasteiger partial charge in [0, 0.05) is 9.85 Å². The maximum atomic E-state index is 12.8. The van der Waals surface area contributed by atoms with Gasteiger partial charge in [-0.3, -0.25) is 0 Å². The van der Waals surface area contributed by atoms with Crippen molar-refractivity contribution in [2.45, 2.75) is 18.2 Å². The maximum Gasteiger partial charge on any atom is 0.123 e. The second-order valence-corrected chi connectivity index (χ2v) is 5.82. The minimum atomic E-state index is -0.202. The van der Waals surface area contributed by atoms with E-state index in [4.69, 9.17) is 11.6 Å². The summed E-state index contributed by atoms with van der Waals surface area (Å²) in [6.45, 7) is 1.99. The first-order valence-electron chi connectivity index (χ1n) is 5.71. The first kappa shape index (κ1) is 13.6. The predicted octanol–water partition coefficient (Wildman–Crippen LogP) is 5.47. The van der Waals surface area contributed by atoms with Gasteiger partial charge in [-0.15, -0.1) is 0 Å². The number of benzene rings is 2. The van der Waals surface area contributed by atoms with Crippen LogP contribution in [-0.2, 0) is 6.42 Å². The molecule has 0 N–H and O–H groups in total. The highest BCUT2D eigenvalue weighted by molar-refractivity contribution is 9.09. The number of aryl methyl sites for hydroxylation is 1. The summed E-state index contributed by atoms with van der Waals surface area (Å²) in [5, 5.41) is 0.778. The largest absolute Gasteiger partial charge is 0.207 e. The summed E-state index contributed by atoms with van der Waals surface area (Å²) in [5.41, 5.74) is 3.35. The van der Waals surface area contributed by atoms with Gasteiger partial charge in [-0.05, 0) is 48.2 Å². The molecule has 0 aliphatic rings. The van der Waals surface area contributed by atoms with Crippen LogP contribution in [0.3, 0.4) is 0 Å². The first-order valence-corrected chi connectivity index (χ1v) is 7.00. The molecule has 0 heterocycles. The van der Waals surface area contributed by atoms with E-state index in [0.29, 0.717) is 0 Å². The molecule has 0 fully saturated rings. The van der Waals surface area contributed by atoms with Crippen molar-refractivity contribution in [2.75, 3.05) is 0 Å². The van der Waals surface area contributed by atoms with Crippen LogP contribution < -0.4 is 0 Å². The molecule has 3 heteroatoms. The Bertz CT molecular complexity index is 537. The van der Waals surface area contributed by atoms with Gasteiger partial charge in [-0.2, -0.15) is 0 Å². The molecule has 0 aliphatic heterocycles. The van der Waals surface area contributed by atoms with Gasteiger partial charge in [0.25, 0.3) is 0 Å². The van der Waals surface area contributed by atoms with Crippen LogP contribution in [0.15, 0.2) is 42.5 Å². The number of alkyl halides is 1. The summed E-state index contributed by atoms with van der Waals surface area (Å²) in [6.07, 6.45) is 0.821. The summed E-state index contributed by atoms with van der Waals surface area (Å²) in [7, 11) is 0. The Kier molecular flexibility index (Phi) is 4.41. The average Bonchev–Trinajstić information content (AvgIpc) is 2.35. The molecule has 1 atom stereocenters. The fourth-order valence-electron chi connectivity index (χ4n) is 1.81. The monoisotopic (exact) mass is 326 g/mol. The molecule has 2 aromatic rings. The molecule has 0 spiro atoms. The van der Waals surface area contributed by atoms with Crippen molar-refractivity contribution in [3.8, 4) is 0 Å². The van der Waals surface area contributed by atoms with Crippen LogP contribution in [-0.4, -0.2) is 0 Å². The van der Waals surface area contributed by atoms with Crippen molar-refractivity contribution in [1.82, 2.24) is 0 Å². The molecule has 2 rings (SSSR count). The van der Waals surface area contributed by atoms with E-state index in [1.807, 2.05) is 31.2 Å². The van der Waals surface area contributed by atoms with Crippen LogP contribution in [0.5, 0.6) is 0 Å². The smallest absolute Gasteiger partial charge is 0.123 e. The third-order valence-corrected chi connectivity index (χ3v) is 4.15. The fraction of sp³-hybridized carbons (Fsp3) is 0.200. The van der Waals surface area contributed by atoms with E-state index in [1.54, 1.807) is 0 Å². The molecule has 2 aromatic carbocycles. The van der Waals surface area contributed by atoms with Crippen LogP contribution in [0.2, 0.25) is 5.02 Å². The molecular formula is C15H13BrClF. The molecule has 0 bridgehead atoms. The van der Waals surface area contributed by atoms with Gasteiger partial charge in [0.2, 0.25) is 0 Å². The Morgan fingerprint density at radius 3 is 2.44 bits per heavy atom. The SMILES string of the molecule is Cc1cc(C(Br)Cc2ccc(F)cc2)ccc1Cl. The molecule has 0 nitrogen and oxygen atoms in total. The molecule has 1 unspecified atom stereocenters. The first-order chi connectivity index (χ1) is 8.56. The van der Waals surface area contributed by atoms with Crippen molar-refractivity contribution in [3.05, 3.63) is 70.0 Å². The lowest BCUT2D eigenvalue weighted by Gasteiger charge is -2.12. The zero-order chi connectivity index (χ0) is 13.1. The third kappa shape index (κ3) is 3.33. The Hall–Kier alpha value is -0.860. The second-order valence-electron chi connectivity index (χ2n) is 4.31. The Morgan fingerprint density at radius 2 is 1.83 bits per heavy atom. The van der Waals surface area contributed by atoms with Crippen molar-refractivity contribution in [2.24, 2.45) is 0 Å². The topological polar surface area (TPSA) is 0 Å². The van der Waals surface area contributed by atoms with Gasteiger partial charge in [0.15, 0.2) is 0 Å². The molecule has 18 heavy (non-hydrogen) atoms. The number of rotatable bonds is 3. The van der Waals surface area contributed by atoms with Gasteiger partial charge < -0.3 is 0 Å². The van der Waals surface area contributed by atoms with Crippen molar-refractivity contribution in [1.29, 1.82) is 0 Å². The number of halogens is 3. The molecule has 0 saturated heterocycles. The minimum absolute atomic E-state index is 0.202. The predicted molar refractivity (Wildman–Crippen MR) is 78.0 cm³/mol. The number of hydrogen-bond donors (Lipinski definition) is 0. The third-order valence-electron chi connectivity index (χ3n) is 2.87. The van der Waals surface area contributed by atoms with Crippen LogP contribution in [0.25, 0.3) is 0 Å². The van der Waals surface area contributed by atoms with Crippen molar-refractivity contribution < 1.29 is 4.39 Å². The molecule has 0 aliphatic carbocycles. The summed E-state index contributed by atoms with van der Waals surface area (Å²) in [5.74, 6) is -0.202. The Labute approximate surface area is 120 Å². The van der Waals surface area contributed by atoms with E-state index < -0.39 is 0 Å². The van der Waals surface area contributed by atoms with Gasteiger partial charge in [-0.25, -0.2) is 4.39 Å². The standard InChI is InChI=1S/C15H13BrClF/c1-10-8-12(4-7-15(10)17)14(16)9-11-2-5-13(18)6-3-11/h2-8,14H,9H2,1H3. The van der Waals surface area contributed by atoms with E-state index in [-0.39, 0.29) is 10.6 Å². The fourth-order valence-corrected chi connectivity index (χ4v) is 2.58. The second kappa shape index (κ2) is 5.85. The Morgan fingerprint density at radius 1 is 1.17 bits per heavy atom. The van der Waals surface area contributed by atoms with Crippen LogP contribution in [0.4, 0.5) is 4.39 Å². The lowest BCUT2D eigenvalue weighted by atomic mass is 10.0. The summed E-state index contributed by atoms with van der Waals surface area (Å²) in [4.78, 5) is 0.207. The van der Waals surface area contributed by atoms with Crippen molar-refractivity contribution >= 4 is 27.5 Å². The highest BCUT2D eigenvalue weighted by Crippen LogP contribution is 2.29. The number of hydrogen-bond acceptors (Lipinski definition) is 0. The average molecular weight is 328 g/mol. The van der Waals surface area contributed by atoms with E-state index in [9.17, 15) is 4.39 Å². The Balaban J connectivity index is 2.13. The quantitative estimate of drug-likeness (QED) is 0.656. The highest BCUT2D eigenvalue weighted by atomic mass is 79.9. The van der Waals surface area contributed by atoms with Crippen LogP contribution in [0.1, 0.15) is 21.5 Å². The zero-order valence-corrected chi connectivity index (χ0v) is 12.3. The summed E-state index contributed by atoms with van der Waals surface area (Å²) in [6, 6.07) is 12.6. The molecule has 0 radical (unpaired) electrons. The normalized spacial score (nSPS) is 12.4. The van der Waals surface area contributed by atoms with Gasteiger partial charge in [0.05, 0.1) is 0 Å². The molecule has 0 amide bonds. The molecule has 0 saturated carbocycles. The molecule has 0 aromatic heterocycles. The van der Waals surface area contributed by atoms with E-state index in [0.717, 1.165) is 22.6 Å². The molecular weight excluding hydrogens is 315 g/mol. The highest BCUT2D eigenvalue weighted by Gasteiger charge is 2.09. The lowest BCUT2D eigenvalue weighted by Crippen LogP contribution is -1.96. The zero-order valence-electron chi connectivity index (χ0n) is 9.96. The van der Waals surface area contributed by atoms with Gasteiger partial charge in [-0.1, -0.05) is 51.8 Å². The summed E-state index contributed by atoms with van der Waals surface area (Å²) >= 11 is 9.67. The van der Waals surface area contributed by atoms with Crippen LogP contribution in [0, 0.1) is 12.7 Å². The lowest BCUT2D eigenvalue weighted by molar-refractivity contribution is 0.627. The summed E-state index contributed by atoms with van der Waals surface area (Å²) < 4.78 is 12.8. The van der Waals surface area contributed by atoms with Crippen molar-refractivity contribution in [3.63, 3.8) is 0 Å². The molecule has 94 valence electrons. The van der Waals surface area contributed by atoms with E-state index >= 15 is 0 Å². The van der Waals surface area contributed by atoms with Gasteiger partial charge in [0.1, 0.15) is 5.82 Å². The van der Waals surface area contributed by atoms with E-state index in [1.165, 1.54) is 17.7 Å². The van der Waals surface area contributed by atoms with E-state index in [2.05, 4.69) is 22.0 Å². The van der Waals surface area contributed by atoms with Crippen LogP contribution >= 0.6 is 27.5 Å². The minimum Gasteiger partial charge on any atom is -0.207 e. The van der Waals surface area contributed by atoms with Gasteiger partial charge >= 0.3 is 0 Å². The maximum absolute atomic E-state index is 12.8.